The molecule has 1 saturated carbocycles. The van der Waals surface area contributed by atoms with Crippen LogP contribution in [0.2, 0.25) is 0 Å². The van der Waals surface area contributed by atoms with E-state index in [1.54, 1.807) is 12.1 Å². The number of hydrogen-bond donors (Lipinski definition) is 1. The average Bonchev–Trinajstić information content (AvgIpc) is 3.24. The molecule has 2 aromatic rings. The van der Waals surface area contributed by atoms with Crippen LogP contribution < -0.4 is 5.32 Å². The number of carbonyl (C=O) groups is 3. The summed E-state index contributed by atoms with van der Waals surface area (Å²) in [7, 11) is 0. The van der Waals surface area contributed by atoms with E-state index in [1.807, 2.05) is 18.2 Å². The van der Waals surface area contributed by atoms with Crippen LogP contribution >= 0.6 is 0 Å². The standard InChI is InChI=1S/C23H26N4O3/c28-18-7-3-9-22(30)19-8-2-6-17(19)14-24-23-13-20(25-27-26-23)15-4-1-5-16(12-15)21(29)11-10-18/h1,4-5,12-13,17,19H,2-3,6-11,14H2,(H,24,25,26). The van der Waals surface area contributed by atoms with Crippen molar-refractivity contribution >= 4 is 23.2 Å². The molecular weight excluding hydrogens is 380 g/mol. The Morgan fingerprint density at radius 3 is 2.63 bits per heavy atom. The highest BCUT2D eigenvalue weighted by molar-refractivity contribution is 5.99. The molecule has 4 bridgehead atoms. The molecule has 0 spiro atoms. The maximum absolute atomic E-state index is 12.7. The Labute approximate surface area is 175 Å². The van der Waals surface area contributed by atoms with Crippen molar-refractivity contribution in [2.45, 2.75) is 51.4 Å². The largest absolute Gasteiger partial charge is 0.368 e. The molecule has 2 atom stereocenters. The number of benzene rings is 1. The highest BCUT2D eigenvalue weighted by Gasteiger charge is 2.32. The number of Topliss-reactive ketones (excluding diaryl/α,β-unsaturated/α-hetero) is 3. The van der Waals surface area contributed by atoms with E-state index in [9.17, 15) is 14.4 Å². The lowest BCUT2D eigenvalue weighted by Crippen LogP contribution is -2.25. The van der Waals surface area contributed by atoms with E-state index in [1.165, 1.54) is 0 Å². The Morgan fingerprint density at radius 1 is 0.867 bits per heavy atom. The summed E-state index contributed by atoms with van der Waals surface area (Å²) in [5.41, 5.74) is 1.96. The van der Waals surface area contributed by atoms with E-state index < -0.39 is 0 Å². The second kappa shape index (κ2) is 9.24. The van der Waals surface area contributed by atoms with Crippen molar-refractivity contribution in [2.24, 2.45) is 11.8 Å². The Bertz CT molecular complexity index is 959. The van der Waals surface area contributed by atoms with Crippen molar-refractivity contribution in [3.63, 3.8) is 0 Å². The van der Waals surface area contributed by atoms with Gasteiger partial charge in [-0.3, -0.25) is 14.4 Å². The van der Waals surface area contributed by atoms with Crippen LogP contribution in [0.25, 0.3) is 11.3 Å². The molecule has 1 aliphatic heterocycles. The first-order valence-electron chi connectivity index (χ1n) is 10.7. The molecule has 1 aliphatic carbocycles. The van der Waals surface area contributed by atoms with Gasteiger partial charge in [0, 0.05) is 55.3 Å². The molecule has 2 heterocycles. The highest BCUT2D eigenvalue weighted by atomic mass is 16.1. The van der Waals surface area contributed by atoms with Gasteiger partial charge in [0.15, 0.2) is 11.6 Å². The fourth-order valence-corrected chi connectivity index (χ4v) is 4.49. The van der Waals surface area contributed by atoms with Gasteiger partial charge in [-0.25, -0.2) is 0 Å². The summed E-state index contributed by atoms with van der Waals surface area (Å²) < 4.78 is 0. The topological polar surface area (TPSA) is 102 Å². The minimum absolute atomic E-state index is 0.0408. The Kier molecular flexibility index (Phi) is 6.26. The van der Waals surface area contributed by atoms with Crippen LogP contribution in [0.3, 0.4) is 0 Å². The van der Waals surface area contributed by atoms with Crippen LogP contribution in [0.1, 0.15) is 61.7 Å². The molecule has 2 unspecified atom stereocenters. The fraction of sp³-hybridized carbons (Fsp3) is 0.478. The molecule has 30 heavy (non-hydrogen) atoms. The summed E-state index contributed by atoms with van der Waals surface area (Å²) in [5, 5.41) is 15.4. The summed E-state index contributed by atoms with van der Waals surface area (Å²) in [5.74, 6) is 1.15. The lowest BCUT2D eigenvalue weighted by atomic mass is 9.89. The van der Waals surface area contributed by atoms with E-state index in [-0.39, 0.29) is 42.0 Å². The predicted molar refractivity (Wildman–Crippen MR) is 112 cm³/mol. The summed E-state index contributed by atoms with van der Waals surface area (Å²) >= 11 is 0. The van der Waals surface area contributed by atoms with Crippen molar-refractivity contribution in [3.05, 3.63) is 35.9 Å². The number of aromatic nitrogens is 3. The number of carbonyl (C=O) groups excluding carboxylic acids is 3. The second-order valence-corrected chi connectivity index (χ2v) is 8.25. The third-order valence-electron chi connectivity index (χ3n) is 6.19. The third-order valence-corrected chi connectivity index (χ3v) is 6.19. The van der Waals surface area contributed by atoms with Gasteiger partial charge in [0.25, 0.3) is 0 Å². The zero-order chi connectivity index (χ0) is 20.9. The lowest BCUT2D eigenvalue weighted by molar-refractivity contribution is -0.124. The maximum atomic E-state index is 12.7. The molecule has 1 aromatic heterocycles. The van der Waals surface area contributed by atoms with Gasteiger partial charge in [-0.05, 0) is 36.5 Å². The minimum Gasteiger partial charge on any atom is -0.368 e. The molecule has 0 amide bonds. The van der Waals surface area contributed by atoms with E-state index in [2.05, 4.69) is 20.7 Å². The molecule has 7 heteroatoms. The molecule has 4 rings (SSSR count). The van der Waals surface area contributed by atoms with Gasteiger partial charge >= 0.3 is 0 Å². The summed E-state index contributed by atoms with van der Waals surface area (Å²) in [4.78, 5) is 37.5. The quantitative estimate of drug-likeness (QED) is 0.712. The van der Waals surface area contributed by atoms with Crippen molar-refractivity contribution < 1.29 is 14.4 Å². The van der Waals surface area contributed by atoms with Crippen molar-refractivity contribution in [1.82, 2.24) is 15.4 Å². The minimum atomic E-state index is -0.0726. The molecule has 0 radical (unpaired) electrons. The average molecular weight is 406 g/mol. The van der Waals surface area contributed by atoms with Crippen LogP contribution in [0.5, 0.6) is 0 Å². The predicted octanol–water partition coefficient (Wildman–Crippen LogP) is 3.65. The zero-order valence-electron chi connectivity index (χ0n) is 17.0. The van der Waals surface area contributed by atoms with Crippen LogP contribution in [0.4, 0.5) is 5.82 Å². The lowest BCUT2D eigenvalue weighted by Gasteiger charge is -2.19. The van der Waals surface area contributed by atoms with Crippen LogP contribution in [-0.4, -0.2) is 39.3 Å². The Balaban J connectivity index is 1.60. The first-order valence-corrected chi connectivity index (χ1v) is 10.7. The summed E-state index contributed by atoms with van der Waals surface area (Å²) in [6.45, 7) is 0.659. The molecule has 156 valence electrons. The van der Waals surface area contributed by atoms with Crippen molar-refractivity contribution in [3.8, 4) is 11.3 Å². The zero-order valence-corrected chi connectivity index (χ0v) is 17.0. The number of nitrogens with zero attached hydrogens (tertiary/aromatic N) is 3. The van der Waals surface area contributed by atoms with Crippen molar-refractivity contribution in [2.75, 3.05) is 11.9 Å². The Hall–Kier alpha value is -2.96. The molecule has 7 nitrogen and oxygen atoms in total. The summed E-state index contributed by atoms with van der Waals surface area (Å²) in [6, 6.07) is 9.04. The number of anilines is 1. The normalized spacial score (nSPS) is 23.3. The third kappa shape index (κ3) is 4.78. The van der Waals surface area contributed by atoms with Gasteiger partial charge in [-0.2, -0.15) is 0 Å². The monoisotopic (exact) mass is 406 g/mol. The molecule has 2 aliphatic rings. The molecular formula is C23H26N4O3. The SMILES string of the molecule is O=C1CCCC(=O)C2CCCC2CNc2cc(nnn2)-c2cccc(c2)C(=O)CC1. The Morgan fingerprint density at radius 2 is 1.73 bits per heavy atom. The first kappa shape index (κ1) is 20.3. The van der Waals surface area contributed by atoms with Crippen molar-refractivity contribution in [1.29, 1.82) is 0 Å². The van der Waals surface area contributed by atoms with Gasteiger partial charge in [-0.15, -0.1) is 10.2 Å². The van der Waals surface area contributed by atoms with Crippen LogP contribution in [0, 0.1) is 11.8 Å². The number of hydrogen-bond acceptors (Lipinski definition) is 7. The molecule has 1 aromatic carbocycles. The fourth-order valence-electron chi connectivity index (χ4n) is 4.49. The van der Waals surface area contributed by atoms with Gasteiger partial charge in [0.2, 0.25) is 0 Å². The van der Waals surface area contributed by atoms with E-state index in [4.69, 9.17) is 0 Å². The molecule has 0 saturated heterocycles. The smallest absolute Gasteiger partial charge is 0.163 e. The highest BCUT2D eigenvalue weighted by Crippen LogP contribution is 2.34. The van der Waals surface area contributed by atoms with Gasteiger partial charge in [0.05, 0.1) is 5.69 Å². The number of ketones is 3. The number of rotatable bonds is 0. The van der Waals surface area contributed by atoms with Gasteiger partial charge < -0.3 is 5.32 Å². The van der Waals surface area contributed by atoms with Gasteiger partial charge in [-0.1, -0.05) is 24.6 Å². The maximum Gasteiger partial charge on any atom is 0.163 e. The van der Waals surface area contributed by atoms with E-state index in [0.29, 0.717) is 42.9 Å². The van der Waals surface area contributed by atoms with Crippen LogP contribution in [0.15, 0.2) is 30.3 Å². The summed E-state index contributed by atoms with van der Waals surface area (Å²) in [6.07, 6.45) is 4.72. The molecule has 1 fully saturated rings. The first-order chi connectivity index (χ1) is 14.6. The number of nitrogens with one attached hydrogen (secondary N) is 1. The number of fused-ring (bicyclic) bond motifs is 6. The van der Waals surface area contributed by atoms with E-state index in [0.717, 1.165) is 24.8 Å². The van der Waals surface area contributed by atoms with Gasteiger partial charge in [0.1, 0.15) is 11.6 Å². The van der Waals surface area contributed by atoms with E-state index >= 15 is 0 Å². The molecule has 1 N–H and O–H groups in total. The second-order valence-electron chi connectivity index (χ2n) is 8.25. The van der Waals surface area contributed by atoms with Crippen LogP contribution in [-0.2, 0) is 9.59 Å².